The maximum atomic E-state index is 12.9. The van der Waals surface area contributed by atoms with E-state index in [4.69, 9.17) is 0 Å². The molecule has 5 fully saturated rings. The van der Waals surface area contributed by atoms with E-state index in [0.717, 1.165) is 50.5 Å². The lowest BCUT2D eigenvalue weighted by Gasteiger charge is -2.56. The number of rotatable bonds is 3. The molecule has 106 valence electrons. The Balaban J connectivity index is 1.47. The van der Waals surface area contributed by atoms with Crippen molar-refractivity contribution < 1.29 is 4.79 Å². The van der Waals surface area contributed by atoms with E-state index < -0.39 is 0 Å². The maximum Gasteiger partial charge on any atom is 0.152 e. The van der Waals surface area contributed by atoms with Crippen LogP contribution in [0.5, 0.6) is 0 Å². The molecular formula is C16H26N2O. The second kappa shape index (κ2) is 4.56. The quantitative estimate of drug-likeness (QED) is 0.840. The molecule has 1 N–H and O–H groups in total. The fourth-order valence-electron chi connectivity index (χ4n) is 5.69. The Labute approximate surface area is 116 Å². The summed E-state index contributed by atoms with van der Waals surface area (Å²) in [6.07, 6.45) is 7.97. The van der Waals surface area contributed by atoms with Gasteiger partial charge in [-0.05, 0) is 56.3 Å². The van der Waals surface area contributed by atoms with Crippen LogP contribution < -0.4 is 5.32 Å². The van der Waals surface area contributed by atoms with Gasteiger partial charge in [0.25, 0.3) is 0 Å². The summed E-state index contributed by atoms with van der Waals surface area (Å²) in [5.41, 5.74) is 0.111. The van der Waals surface area contributed by atoms with Crippen LogP contribution in [0, 0.1) is 23.2 Å². The van der Waals surface area contributed by atoms with Gasteiger partial charge in [-0.3, -0.25) is 9.69 Å². The third-order valence-corrected chi connectivity index (χ3v) is 6.21. The third-order valence-electron chi connectivity index (χ3n) is 6.21. The molecule has 19 heavy (non-hydrogen) atoms. The van der Waals surface area contributed by atoms with Crippen LogP contribution in [0.2, 0.25) is 0 Å². The maximum absolute atomic E-state index is 12.9. The smallest absolute Gasteiger partial charge is 0.152 e. The lowest BCUT2D eigenvalue weighted by Crippen LogP contribution is -2.54. The largest absolute Gasteiger partial charge is 0.314 e. The van der Waals surface area contributed by atoms with Crippen LogP contribution in [-0.4, -0.2) is 43.4 Å². The number of nitrogens with one attached hydrogen (secondary N) is 1. The number of nitrogens with zero attached hydrogens (tertiary/aromatic N) is 1. The Morgan fingerprint density at radius 2 is 1.53 bits per heavy atom. The molecule has 0 radical (unpaired) electrons. The summed E-state index contributed by atoms with van der Waals surface area (Å²) >= 11 is 0. The number of Topliss-reactive ketones (excluding diaryl/α,β-unsaturated/α-hetero) is 1. The molecule has 4 bridgehead atoms. The highest BCUT2D eigenvalue weighted by Crippen LogP contribution is 2.60. The zero-order chi connectivity index (χ0) is 12.9. The molecule has 4 aliphatic carbocycles. The van der Waals surface area contributed by atoms with Gasteiger partial charge in [0.1, 0.15) is 0 Å². The molecule has 1 saturated heterocycles. The molecule has 0 amide bonds. The molecule has 0 aromatic rings. The van der Waals surface area contributed by atoms with E-state index in [2.05, 4.69) is 10.2 Å². The van der Waals surface area contributed by atoms with Crippen molar-refractivity contribution in [2.24, 2.45) is 23.2 Å². The van der Waals surface area contributed by atoms with E-state index in [1.54, 1.807) is 0 Å². The summed E-state index contributed by atoms with van der Waals surface area (Å²) in [6.45, 7) is 4.94. The Morgan fingerprint density at radius 3 is 2.05 bits per heavy atom. The van der Waals surface area contributed by atoms with Crippen LogP contribution in [0.4, 0.5) is 0 Å². The van der Waals surface area contributed by atoms with E-state index in [9.17, 15) is 4.79 Å². The first-order valence-corrected chi connectivity index (χ1v) is 8.20. The third kappa shape index (κ3) is 2.15. The molecule has 3 nitrogen and oxygen atoms in total. The normalized spacial score (nSPS) is 45.6. The molecule has 0 aromatic carbocycles. The summed E-state index contributed by atoms with van der Waals surface area (Å²) in [4.78, 5) is 15.3. The Hall–Kier alpha value is -0.410. The molecule has 0 atom stereocenters. The lowest BCUT2D eigenvalue weighted by molar-refractivity contribution is -0.145. The van der Waals surface area contributed by atoms with Gasteiger partial charge < -0.3 is 5.32 Å². The molecule has 0 aromatic heterocycles. The Kier molecular flexibility index (Phi) is 2.96. The summed E-state index contributed by atoms with van der Waals surface area (Å²) in [7, 11) is 0. The predicted molar refractivity (Wildman–Crippen MR) is 74.9 cm³/mol. The number of piperazine rings is 1. The molecule has 4 saturated carbocycles. The number of hydrogen-bond acceptors (Lipinski definition) is 3. The van der Waals surface area contributed by atoms with Crippen molar-refractivity contribution in [2.75, 3.05) is 32.7 Å². The van der Waals surface area contributed by atoms with E-state index in [-0.39, 0.29) is 5.41 Å². The zero-order valence-corrected chi connectivity index (χ0v) is 11.9. The molecule has 3 heteroatoms. The molecule has 5 aliphatic rings. The van der Waals surface area contributed by atoms with Crippen LogP contribution in [0.25, 0.3) is 0 Å². The fraction of sp³-hybridized carbons (Fsp3) is 0.938. The van der Waals surface area contributed by atoms with E-state index in [0.29, 0.717) is 5.78 Å². The van der Waals surface area contributed by atoms with Gasteiger partial charge in [0.05, 0.1) is 6.54 Å². The standard InChI is InChI=1S/C16H26N2O/c19-15(11-18-3-1-17-2-4-18)16-8-12-5-13(9-16)7-14(6-12)10-16/h12-14,17H,1-11H2. The van der Waals surface area contributed by atoms with Crippen molar-refractivity contribution in [1.29, 1.82) is 0 Å². The molecule has 5 rings (SSSR count). The van der Waals surface area contributed by atoms with Gasteiger partial charge in [-0.25, -0.2) is 0 Å². The van der Waals surface area contributed by atoms with Crippen LogP contribution >= 0.6 is 0 Å². The fourth-order valence-corrected chi connectivity index (χ4v) is 5.69. The van der Waals surface area contributed by atoms with Gasteiger partial charge in [0, 0.05) is 31.6 Å². The second-order valence-corrected chi connectivity index (χ2v) is 7.65. The average molecular weight is 262 g/mol. The van der Waals surface area contributed by atoms with Crippen LogP contribution in [0.3, 0.4) is 0 Å². The zero-order valence-electron chi connectivity index (χ0n) is 11.9. The summed E-state index contributed by atoms with van der Waals surface area (Å²) in [5, 5.41) is 3.37. The number of hydrogen-bond donors (Lipinski definition) is 1. The lowest BCUT2D eigenvalue weighted by atomic mass is 9.48. The van der Waals surface area contributed by atoms with E-state index in [1.807, 2.05) is 0 Å². The first-order chi connectivity index (χ1) is 9.23. The van der Waals surface area contributed by atoms with Gasteiger partial charge in [-0.2, -0.15) is 0 Å². The van der Waals surface area contributed by atoms with Crippen LogP contribution in [-0.2, 0) is 4.79 Å². The number of carbonyl (C=O) groups excluding carboxylic acids is 1. The van der Waals surface area contributed by atoms with Crippen molar-refractivity contribution in [3.05, 3.63) is 0 Å². The van der Waals surface area contributed by atoms with Gasteiger partial charge >= 0.3 is 0 Å². The highest BCUT2D eigenvalue weighted by Gasteiger charge is 2.54. The predicted octanol–water partition coefficient (Wildman–Crippen LogP) is 1.68. The molecule has 0 spiro atoms. The van der Waals surface area contributed by atoms with Crippen molar-refractivity contribution in [3.63, 3.8) is 0 Å². The monoisotopic (exact) mass is 262 g/mol. The van der Waals surface area contributed by atoms with Crippen molar-refractivity contribution in [3.8, 4) is 0 Å². The topological polar surface area (TPSA) is 32.3 Å². The van der Waals surface area contributed by atoms with Crippen molar-refractivity contribution in [1.82, 2.24) is 10.2 Å². The minimum absolute atomic E-state index is 0.111. The van der Waals surface area contributed by atoms with Crippen molar-refractivity contribution in [2.45, 2.75) is 38.5 Å². The van der Waals surface area contributed by atoms with Crippen molar-refractivity contribution >= 4 is 5.78 Å². The molecular weight excluding hydrogens is 236 g/mol. The van der Waals surface area contributed by atoms with Gasteiger partial charge in [0.2, 0.25) is 0 Å². The van der Waals surface area contributed by atoms with Crippen LogP contribution in [0.1, 0.15) is 38.5 Å². The SMILES string of the molecule is O=C(CN1CCNCC1)C12CC3CC(CC(C3)C1)C2. The minimum Gasteiger partial charge on any atom is -0.314 e. The van der Waals surface area contributed by atoms with Crippen LogP contribution in [0.15, 0.2) is 0 Å². The number of carbonyl (C=O) groups is 1. The average Bonchev–Trinajstić information content (AvgIpc) is 2.38. The highest BCUT2D eigenvalue weighted by atomic mass is 16.1. The van der Waals surface area contributed by atoms with Gasteiger partial charge in [-0.1, -0.05) is 0 Å². The summed E-state index contributed by atoms with van der Waals surface area (Å²) in [5.74, 6) is 3.25. The Morgan fingerprint density at radius 1 is 1.00 bits per heavy atom. The molecule has 1 heterocycles. The highest BCUT2D eigenvalue weighted by molar-refractivity contribution is 5.87. The van der Waals surface area contributed by atoms with Gasteiger partial charge in [0.15, 0.2) is 5.78 Å². The molecule has 0 unspecified atom stereocenters. The number of ketones is 1. The molecule has 1 aliphatic heterocycles. The first kappa shape index (κ1) is 12.3. The first-order valence-electron chi connectivity index (χ1n) is 8.20. The van der Waals surface area contributed by atoms with E-state index >= 15 is 0 Å². The van der Waals surface area contributed by atoms with E-state index in [1.165, 1.54) is 38.5 Å². The van der Waals surface area contributed by atoms with Gasteiger partial charge in [-0.15, -0.1) is 0 Å². The summed E-state index contributed by atoms with van der Waals surface area (Å²) < 4.78 is 0. The summed E-state index contributed by atoms with van der Waals surface area (Å²) in [6, 6.07) is 0. The minimum atomic E-state index is 0.111. The second-order valence-electron chi connectivity index (χ2n) is 7.65. The Bertz CT molecular complexity index is 338.